The highest BCUT2D eigenvalue weighted by Crippen LogP contribution is 2.45. The van der Waals surface area contributed by atoms with Gasteiger partial charge in [-0.1, -0.05) is 6.92 Å². The number of fused-ring (bicyclic) bond motifs is 1. The number of aliphatic hydroxyl groups excluding tert-OH is 1. The first kappa shape index (κ1) is 23.5. The van der Waals surface area contributed by atoms with Crippen LogP contribution in [0.5, 0.6) is 0 Å². The van der Waals surface area contributed by atoms with E-state index in [9.17, 15) is 19.4 Å². The second-order valence-electron chi connectivity index (χ2n) is 7.62. The zero-order chi connectivity index (χ0) is 23.6. The minimum atomic E-state index is -4.20. The van der Waals surface area contributed by atoms with Gasteiger partial charge in [-0.2, -0.15) is 4.98 Å². The lowest BCUT2D eigenvalue weighted by Crippen LogP contribution is -2.30. The number of hydrogen-bond donors (Lipinski definition) is 4. The number of imidazole rings is 2. The number of anilines is 1. The molecule has 1 fully saturated rings. The monoisotopic (exact) mass is 483 g/mol. The number of nitrogens with one attached hydrogen (secondary N) is 1. The summed E-state index contributed by atoms with van der Waals surface area (Å²) in [5.74, 6) is -0.598. The molecule has 1 unspecified atom stereocenters. The van der Waals surface area contributed by atoms with Crippen LogP contribution >= 0.6 is 7.75 Å². The average Bonchev–Trinajstić information content (AvgIpc) is 3.50. The molecule has 4 heterocycles. The van der Waals surface area contributed by atoms with Gasteiger partial charge in [0, 0.05) is 31.5 Å². The van der Waals surface area contributed by atoms with E-state index in [2.05, 4.69) is 19.9 Å². The Balaban J connectivity index is 1.57. The molecule has 4 rings (SSSR count). The van der Waals surface area contributed by atoms with Gasteiger partial charge in [0.2, 0.25) is 5.95 Å². The van der Waals surface area contributed by atoms with E-state index in [-0.39, 0.29) is 23.7 Å². The van der Waals surface area contributed by atoms with E-state index >= 15 is 0 Å². The third-order valence-electron chi connectivity index (χ3n) is 5.38. The molecule has 5 N–H and O–H groups in total. The molecule has 0 aliphatic carbocycles. The highest BCUT2D eigenvalue weighted by atomic mass is 31.2. The average molecular weight is 483 g/mol. The molecular formula is C18H26N7O7P. The van der Waals surface area contributed by atoms with Crippen molar-refractivity contribution in [2.45, 2.75) is 38.2 Å². The SMILES string of the molecule is CCCOCC[C@H]1[C@@H](O)[C@H](n2cnc3c(=O)[nH]c(N)nc32)O[C@@H]1COP(=O)(O)n1ccnc1. The third kappa shape index (κ3) is 4.86. The van der Waals surface area contributed by atoms with Gasteiger partial charge in [-0.15, -0.1) is 0 Å². The highest BCUT2D eigenvalue weighted by molar-refractivity contribution is 7.51. The Morgan fingerprint density at radius 3 is 2.91 bits per heavy atom. The maximum absolute atomic E-state index is 12.5. The third-order valence-corrected chi connectivity index (χ3v) is 6.69. The van der Waals surface area contributed by atoms with Crippen molar-refractivity contribution in [3.8, 4) is 0 Å². The molecule has 0 spiro atoms. The molecular weight excluding hydrogens is 457 g/mol. The van der Waals surface area contributed by atoms with Crippen LogP contribution < -0.4 is 11.3 Å². The largest absolute Gasteiger partial charge is 0.437 e. The quantitative estimate of drug-likeness (QED) is 0.228. The maximum Gasteiger partial charge on any atom is 0.437 e. The Bertz CT molecular complexity index is 1180. The van der Waals surface area contributed by atoms with Crippen LogP contribution in [-0.2, 0) is 18.6 Å². The number of aliphatic hydroxyl groups is 1. The Morgan fingerprint density at radius 1 is 1.36 bits per heavy atom. The van der Waals surface area contributed by atoms with Gasteiger partial charge in [0.25, 0.3) is 5.56 Å². The van der Waals surface area contributed by atoms with Crippen molar-refractivity contribution in [1.82, 2.24) is 28.8 Å². The second kappa shape index (κ2) is 9.71. The molecule has 14 nitrogen and oxygen atoms in total. The van der Waals surface area contributed by atoms with E-state index < -0.39 is 37.7 Å². The first-order valence-electron chi connectivity index (χ1n) is 10.4. The Kier molecular flexibility index (Phi) is 6.93. The fraction of sp³-hybridized carbons (Fsp3) is 0.556. The molecule has 15 heteroatoms. The van der Waals surface area contributed by atoms with Gasteiger partial charge < -0.3 is 25.2 Å². The Labute approximate surface area is 187 Å². The summed E-state index contributed by atoms with van der Waals surface area (Å²) in [6, 6.07) is 0. The molecule has 1 aliphatic heterocycles. The van der Waals surface area contributed by atoms with Crippen LogP contribution in [0.4, 0.5) is 5.95 Å². The number of H-pyrrole nitrogens is 1. The van der Waals surface area contributed by atoms with Crippen LogP contribution in [0, 0.1) is 5.92 Å². The van der Waals surface area contributed by atoms with E-state index in [1.807, 2.05) is 6.92 Å². The van der Waals surface area contributed by atoms with Gasteiger partial charge in [0.15, 0.2) is 17.4 Å². The normalized spacial score (nSPS) is 24.9. The fourth-order valence-corrected chi connectivity index (χ4v) is 4.67. The lowest BCUT2D eigenvalue weighted by atomic mass is 9.95. The first-order valence-corrected chi connectivity index (χ1v) is 11.9. The van der Waals surface area contributed by atoms with Gasteiger partial charge in [0.1, 0.15) is 12.4 Å². The van der Waals surface area contributed by atoms with Crippen LogP contribution in [0.25, 0.3) is 11.2 Å². The van der Waals surface area contributed by atoms with Gasteiger partial charge in [-0.05, 0) is 12.8 Å². The molecule has 3 aromatic heterocycles. The molecule has 0 aromatic carbocycles. The van der Waals surface area contributed by atoms with Crippen LogP contribution in [0.1, 0.15) is 26.0 Å². The molecule has 33 heavy (non-hydrogen) atoms. The molecule has 5 atom stereocenters. The minimum absolute atomic E-state index is 0.0440. The van der Waals surface area contributed by atoms with E-state index in [4.69, 9.17) is 19.7 Å². The van der Waals surface area contributed by atoms with Gasteiger partial charge >= 0.3 is 7.75 Å². The molecule has 0 bridgehead atoms. The molecule has 0 saturated carbocycles. The fourth-order valence-electron chi connectivity index (χ4n) is 3.78. The minimum Gasteiger partial charge on any atom is -0.388 e. The topological polar surface area (TPSA) is 193 Å². The number of ether oxygens (including phenoxy) is 2. The number of hydrogen-bond acceptors (Lipinski definition) is 10. The number of aromatic nitrogens is 6. The Morgan fingerprint density at radius 2 is 2.18 bits per heavy atom. The molecule has 0 amide bonds. The number of nitrogens with two attached hydrogens (primary N) is 1. The summed E-state index contributed by atoms with van der Waals surface area (Å²) in [6.07, 6.45) is 3.65. The summed E-state index contributed by atoms with van der Waals surface area (Å²) >= 11 is 0. The van der Waals surface area contributed by atoms with Crippen molar-refractivity contribution in [2.24, 2.45) is 5.92 Å². The lowest BCUT2D eigenvalue weighted by Gasteiger charge is -2.21. The summed E-state index contributed by atoms with van der Waals surface area (Å²) in [5.41, 5.74) is 5.34. The van der Waals surface area contributed by atoms with E-state index in [1.54, 1.807) is 0 Å². The van der Waals surface area contributed by atoms with Crippen LogP contribution in [0.15, 0.2) is 29.8 Å². The standard InChI is InChI=1S/C18H26N7O7P/c1-2-6-30-7-3-11-12(8-31-33(28,29)24-5-4-20-9-24)32-17(14(11)26)25-10-21-13-15(25)22-18(19)23-16(13)27/h4-5,9-12,14,17,26H,2-3,6-8H2,1H3,(H,28,29)(H3,19,22,23,27)/t11-,12-,14-,17-/m1/s1. The van der Waals surface area contributed by atoms with Gasteiger partial charge in [-0.3, -0.25) is 18.9 Å². The molecule has 3 aromatic rings. The Hall–Kier alpha value is -2.61. The molecule has 1 aliphatic rings. The second-order valence-corrected chi connectivity index (χ2v) is 9.33. The van der Waals surface area contributed by atoms with Crippen molar-refractivity contribution >= 4 is 24.9 Å². The van der Waals surface area contributed by atoms with E-state index in [0.717, 1.165) is 10.8 Å². The summed E-state index contributed by atoms with van der Waals surface area (Å²) in [6.45, 7) is 2.63. The molecule has 1 saturated heterocycles. The zero-order valence-electron chi connectivity index (χ0n) is 17.9. The van der Waals surface area contributed by atoms with Crippen LogP contribution in [0.2, 0.25) is 0 Å². The van der Waals surface area contributed by atoms with Crippen LogP contribution in [-0.4, -0.2) is 70.9 Å². The smallest absolute Gasteiger partial charge is 0.388 e. The van der Waals surface area contributed by atoms with Crippen molar-refractivity contribution in [2.75, 3.05) is 25.6 Å². The lowest BCUT2D eigenvalue weighted by molar-refractivity contribution is -0.0474. The van der Waals surface area contributed by atoms with Crippen molar-refractivity contribution < 1.29 is 28.6 Å². The number of nitrogen functional groups attached to an aromatic ring is 1. The summed E-state index contributed by atoms with van der Waals surface area (Å²) in [4.78, 5) is 36.6. The summed E-state index contributed by atoms with van der Waals surface area (Å²) in [5, 5.41) is 11.1. The number of rotatable bonds is 10. The predicted molar refractivity (Wildman–Crippen MR) is 115 cm³/mol. The van der Waals surface area contributed by atoms with Crippen molar-refractivity contribution in [3.05, 3.63) is 35.4 Å². The summed E-state index contributed by atoms with van der Waals surface area (Å²) < 4.78 is 31.8. The van der Waals surface area contributed by atoms with Crippen molar-refractivity contribution in [1.29, 1.82) is 0 Å². The molecule has 0 radical (unpaired) electrons. The molecule has 180 valence electrons. The van der Waals surface area contributed by atoms with E-state index in [0.29, 0.717) is 19.6 Å². The maximum atomic E-state index is 12.5. The highest BCUT2D eigenvalue weighted by Gasteiger charge is 2.45. The van der Waals surface area contributed by atoms with Gasteiger partial charge in [-0.25, -0.2) is 18.9 Å². The van der Waals surface area contributed by atoms with Crippen LogP contribution in [0.3, 0.4) is 0 Å². The zero-order valence-corrected chi connectivity index (χ0v) is 18.7. The number of aromatic amines is 1. The van der Waals surface area contributed by atoms with E-state index in [1.165, 1.54) is 29.6 Å². The van der Waals surface area contributed by atoms with Crippen molar-refractivity contribution in [3.63, 3.8) is 0 Å². The number of nitrogens with zero attached hydrogens (tertiary/aromatic N) is 5. The first-order chi connectivity index (χ1) is 15.8. The predicted octanol–water partition coefficient (Wildman–Crippen LogP) is 0.255. The summed E-state index contributed by atoms with van der Waals surface area (Å²) in [7, 11) is -4.20. The van der Waals surface area contributed by atoms with Gasteiger partial charge in [0.05, 0.1) is 19.0 Å².